The summed E-state index contributed by atoms with van der Waals surface area (Å²) in [6, 6.07) is 0. The van der Waals surface area contributed by atoms with Crippen molar-refractivity contribution >= 4 is 17.9 Å². The summed E-state index contributed by atoms with van der Waals surface area (Å²) in [5.74, 6) is -0.908. The summed E-state index contributed by atoms with van der Waals surface area (Å²) in [6.45, 7) is 6.49. The van der Waals surface area contributed by atoms with Crippen molar-refractivity contribution in [1.82, 2.24) is 0 Å². The molecule has 1 unspecified atom stereocenters. The maximum Gasteiger partial charge on any atom is 0.306 e. The van der Waals surface area contributed by atoms with Gasteiger partial charge in [0.05, 0.1) is 0 Å². The minimum atomic E-state index is -0.785. The van der Waals surface area contributed by atoms with Crippen LogP contribution < -0.4 is 0 Å². The van der Waals surface area contributed by atoms with E-state index < -0.39 is 6.10 Å². The Bertz CT molecular complexity index is 1170. The lowest BCUT2D eigenvalue weighted by atomic mass is 10.0. The van der Waals surface area contributed by atoms with Gasteiger partial charge in [-0.05, 0) is 83.5 Å². The molecule has 64 heavy (non-hydrogen) atoms. The van der Waals surface area contributed by atoms with Crippen LogP contribution in [0.15, 0.2) is 60.8 Å². The van der Waals surface area contributed by atoms with Crippen molar-refractivity contribution in [2.75, 3.05) is 13.2 Å². The molecule has 0 N–H and O–H groups in total. The van der Waals surface area contributed by atoms with Crippen molar-refractivity contribution in [2.45, 2.75) is 277 Å². The molecule has 0 spiro atoms. The van der Waals surface area contributed by atoms with E-state index >= 15 is 0 Å². The molecule has 0 bridgehead atoms. The van der Waals surface area contributed by atoms with E-state index in [9.17, 15) is 14.4 Å². The lowest BCUT2D eigenvalue weighted by molar-refractivity contribution is -0.167. The van der Waals surface area contributed by atoms with Crippen molar-refractivity contribution in [2.24, 2.45) is 0 Å². The van der Waals surface area contributed by atoms with Crippen LogP contribution in [-0.2, 0) is 28.6 Å². The smallest absolute Gasteiger partial charge is 0.306 e. The van der Waals surface area contributed by atoms with Crippen molar-refractivity contribution in [3.63, 3.8) is 0 Å². The van der Waals surface area contributed by atoms with Gasteiger partial charge in [-0.25, -0.2) is 0 Å². The van der Waals surface area contributed by atoms with Crippen molar-refractivity contribution < 1.29 is 28.6 Å². The maximum atomic E-state index is 12.8. The molecular weight excluding hydrogens is 793 g/mol. The molecular formula is C58H102O6. The van der Waals surface area contributed by atoms with Gasteiger partial charge in [0.25, 0.3) is 0 Å². The first kappa shape index (κ1) is 61.1. The average molecular weight is 895 g/mol. The van der Waals surface area contributed by atoms with E-state index in [1.807, 2.05) is 0 Å². The predicted molar refractivity (Wildman–Crippen MR) is 275 cm³/mol. The molecule has 6 heteroatoms. The molecule has 0 aliphatic rings. The first-order valence-corrected chi connectivity index (χ1v) is 27.3. The van der Waals surface area contributed by atoms with Gasteiger partial charge in [-0.1, -0.05) is 229 Å². The number of hydrogen-bond donors (Lipinski definition) is 0. The highest BCUT2D eigenvalue weighted by atomic mass is 16.6. The van der Waals surface area contributed by atoms with Crippen molar-refractivity contribution in [3.8, 4) is 0 Å². The van der Waals surface area contributed by atoms with E-state index in [4.69, 9.17) is 14.2 Å². The van der Waals surface area contributed by atoms with Gasteiger partial charge in [0.1, 0.15) is 13.2 Å². The Hall–Kier alpha value is -2.89. The molecule has 0 aromatic carbocycles. The molecule has 0 saturated heterocycles. The van der Waals surface area contributed by atoms with E-state index in [-0.39, 0.29) is 31.1 Å². The molecule has 0 fully saturated rings. The molecule has 0 aromatic rings. The Morgan fingerprint density at radius 3 is 1.00 bits per heavy atom. The Labute approximate surface area is 396 Å². The number of esters is 3. The zero-order valence-electron chi connectivity index (χ0n) is 42.3. The molecule has 0 saturated carbocycles. The highest BCUT2D eigenvalue weighted by Gasteiger charge is 2.19. The second kappa shape index (κ2) is 52.7. The molecule has 0 heterocycles. The molecule has 0 radical (unpaired) electrons. The number of hydrogen-bond acceptors (Lipinski definition) is 6. The van der Waals surface area contributed by atoms with Gasteiger partial charge < -0.3 is 14.2 Å². The van der Waals surface area contributed by atoms with E-state index in [0.29, 0.717) is 19.3 Å². The highest BCUT2D eigenvalue weighted by molar-refractivity contribution is 5.71. The Morgan fingerprint density at radius 1 is 0.328 bits per heavy atom. The first-order valence-electron chi connectivity index (χ1n) is 27.3. The zero-order valence-corrected chi connectivity index (χ0v) is 42.3. The monoisotopic (exact) mass is 895 g/mol. The van der Waals surface area contributed by atoms with Gasteiger partial charge in [-0.15, -0.1) is 0 Å². The molecule has 0 aliphatic carbocycles. The summed E-state index contributed by atoms with van der Waals surface area (Å²) in [5.41, 5.74) is 0. The quantitative estimate of drug-likeness (QED) is 0.0262. The fourth-order valence-corrected chi connectivity index (χ4v) is 7.66. The van der Waals surface area contributed by atoms with Gasteiger partial charge >= 0.3 is 17.9 Å². The third-order valence-electron chi connectivity index (χ3n) is 11.8. The van der Waals surface area contributed by atoms with Crippen LogP contribution in [0.5, 0.6) is 0 Å². The number of unbranched alkanes of at least 4 members (excludes halogenated alkanes) is 28. The number of carbonyl (C=O) groups excluding carboxylic acids is 3. The Balaban J connectivity index is 4.39. The molecule has 0 aromatic heterocycles. The van der Waals surface area contributed by atoms with E-state index in [0.717, 1.165) is 103 Å². The van der Waals surface area contributed by atoms with Crippen LogP contribution in [0.3, 0.4) is 0 Å². The number of ether oxygens (including phenoxy) is 3. The molecule has 0 rings (SSSR count). The Kier molecular flexibility index (Phi) is 50.4. The summed E-state index contributed by atoms with van der Waals surface area (Å²) >= 11 is 0. The van der Waals surface area contributed by atoms with Crippen LogP contribution in [0.2, 0.25) is 0 Å². The van der Waals surface area contributed by atoms with Gasteiger partial charge in [0.15, 0.2) is 6.10 Å². The third kappa shape index (κ3) is 50.1. The van der Waals surface area contributed by atoms with Crippen LogP contribution in [0, 0.1) is 0 Å². The Morgan fingerprint density at radius 2 is 0.609 bits per heavy atom. The van der Waals surface area contributed by atoms with Crippen LogP contribution in [0.4, 0.5) is 0 Å². The summed E-state index contributed by atoms with van der Waals surface area (Å²) in [5, 5.41) is 0. The van der Waals surface area contributed by atoms with E-state index in [2.05, 4.69) is 81.5 Å². The number of carbonyl (C=O) groups is 3. The molecule has 0 aliphatic heterocycles. The highest BCUT2D eigenvalue weighted by Crippen LogP contribution is 2.16. The first-order chi connectivity index (χ1) is 31.5. The molecule has 1 atom stereocenters. The second-order valence-electron chi connectivity index (χ2n) is 18.1. The molecule has 370 valence electrons. The fraction of sp³-hybridized carbons (Fsp3) is 0.776. The fourth-order valence-electron chi connectivity index (χ4n) is 7.66. The molecule has 0 amide bonds. The summed E-state index contributed by atoms with van der Waals surface area (Å²) in [6.07, 6.45) is 64.9. The third-order valence-corrected chi connectivity index (χ3v) is 11.8. The van der Waals surface area contributed by atoms with Gasteiger partial charge in [0.2, 0.25) is 0 Å². The molecule has 6 nitrogen and oxygen atoms in total. The standard InChI is InChI=1S/C58H102O6/c1-4-7-10-13-16-19-22-25-27-29-31-33-36-39-42-45-48-51-57(60)63-54-55(53-62-56(59)50-47-44-41-38-35-24-21-18-15-12-9-6-3)64-58(61)52-49-46-43-40-37-34-32-30-28-26-23-20-17-14-11-8-5-2/h7,10,16,18-19,21,25,27,31,33,55H,4-6,8-9,11-15,17,20,22-24,26,28-30,32,34-54H2,1-3H3/b10-7-,19-16-,21-18-,27-25-,33-31-. The lowest BCUT2D eigenvalue weighted by Gasteiger charge is -2.18. The van der Waals surface area contributed by atoms with Gasteiger partial charge in [0, 0.05) is 19.3 Å². The van der Waals surface area contributed by atoms with Crippen LogP contribution >= 0.6 is 0 Å². The van der Waals surface area contributed by atoms with Crippen LogP contribution in [0.1, 0.15) is 271 Å². The number of allylic oxidation sites excluding steroid dienone is 10. The minimum Gasteiger partial charge on any atom is -0.462 e. The minimum absolute atomic E-state index is 0.0845. The topological polar surface area (TPSA) is 78.9 Å². The normalized spacial score (nSPS) is 12.5. The second-order valence-corrected chi connectivity index (χ2v) is 18.1. The van der Waals surface area contributed by atoms with Gasteiger partial charge in [-0.2, -0.15) is 0 Å². The lowest BCUT2D eigenvalue weighted by Crippen LogP contribution is -2.30. The SMILES string of the molecule is CC/C=C\C/C=C\C/C=C\C/C=C\CCCCCCC(=O)OCC(COC(=O)CCCCCCC/C=C\CCCCC)OC(=O)CCCCCCCCCCCCCCCCCCC. The largest absolute Gasteiger partial charge is 0.462 e. The van der Waals surface area contributed by atoms with Crippen LogP contribution in [-0.4, -0.2) is 37.2 Å². The zero-order chi connectivity index (χ0) is 46.5. The summed E-state index contributed by atoms with van der Waals surface area (Å²) < 4.78 is 16.8. The number of rotatable bonds is 49. The van der Waals surface area contributed by atoms with Crippen molar-refractivity contribution in [3.05, 3.63) is 60.8 Å². The van der Waals surface area contributed by atoms with Crippen LogP contribution in [0.25, 0.3) is 0 Å². The van der Waals surface area contributed by atoms with E-state index in [1.165, 1.54) is 128 Å². The maximum absolute atomic E-state index is 12.8. The summed E-state index contributed by atoms with van der Waals surface area (Å²) in [7, 11) is 0. The summed E-state index contributed by atoms with van der Waals surface area (Å²) in [4.78, 5) is 38.0. The van der Waals surface area contributed by atoms with Gasteiger partial charge in [-0.3, -0.25) is 14.4 Å². The van der Waals surface area contributed by atoms with Crippen molar-refractivity contribution in [1.29, 1.82) is 0 Å². The predicted octanol–water partition coefficient (Wildman–Crippen LogP) is 18.0. The van der Waals surface area contributed by atoms with E-state index in [1.54, 1.807) is 0 Å². The average Bonchev–Trinajstić information content (AvgIpc) is 3.29.